The molecule has 0 bridgehead atoms. The number of hydrogen-bond donors (Lipinski definition) is 5. The summed E-state index contributed by atoms with van der Waals surface area (Å²) < 4.78 is 25.4. The van der Waals surface area contributed by atoms with Crippen molar-refractivity contribution in [2.45, 2.75) is 50.3 Å². The van der Waals surface area contributed by atoms with E-state index in [2.05, 4.69) is 9.62 Å². The van der Waals surface area contributed by atoms with Crippen LogP contribution in [-0.2, 0) is 26.3 Å². The number of aliphatic carboxylic acids is 1. The van der Waals surface area contributed by atoms with E-state index in [-0.39, 0.29) is 41.4 Å². The molecule has 2 fully saturated rings. The number of aliphatic hydroxyl groups excluding tert-OH is 1. The van der Waals surface area contributed by atoms with Gasteiger partial charge in [-0.15, -0.1) is 11.8 Å². The molecule has 35 heavy (non-hydrogen) atoms. The van der Waals surface area contributed by atoms with E-state index in [0.29, 0.717) is 30.1 Å². The molecule has 1 amide bonds. The highest BCUT2D eigenvalue weighted by molar-refractivity contribution is 8.03. The molecule has 7 N–H and O–H groups in total. The molecule has 4 rings (SSSR count). The Bertz CT molecular complexity index is 1140. The van der Waals surface area contributed by atoms with Crippen molar-refractivity contribution < 1.29 is 28.2 Å². The number of benzene rings is 1. The monoisotopic (exact) mass is 525 g/mol. The van der Waals surface area contributed by atoms with Gasteiger partial charge in [0.05, 0.1) is 18.1 Å². The van der Waals surface area contributed by atoms with Crippen molar-refractivity contribution in [3.63, 3.8) is 0 Å². The molecular weight excluding hydrogens is 494 g/mol. The molecule has 0 spiro atoms. The number of thioether (sulfide) groups is 1. The fourth-order valence-electron chi connectivity index (χ4n) is 5.36. The first-order valence-electron chi connectivity index (χ1n) is 11.4. The van der Waals surface area contributed by atoms with Crippen LogP contribution < -0.4 is 15.6 Å². The molecule has 0 aliphatic carbocycles. The zero-order chi connectivity index (χ0) is 25.7. The third kappa shape index (κ3) is 5.20. The van der Waals surface area contributed by atoms with Gasteiger partial charge in [0, 0.05) is 47.4 Å². The molecule has 1 aromatic carbocycles. The summed E-state index contributed by atoms with van der Waals surface area (Å²) in [4.78, 5) is 28.8. The Morgan fingerprint density at radius 1 is 1.31 bits per heavy atom. The highest BCUT2D eigenvalue weighted by atomic mass is 32.2. The predicted octanol–water partition coefficient (Wildman–Crippen LogP) is -0.108. The van der Waals surface area contributed by atoms with Gasteiger partial charge in [-0.1, -0.05) is 19.1 Å². The zero-order valence-corrected chi connectivity index (χ0v) is 21.1. The van der Waals surface area contributed by atoms with E-state index in [1.807, 2.05) is 19.1 Å². The average molecular weight is 526 g/mol. The highest BCUT2D eigenvalue weighted by Gasteiger charge is 2.60. The molecule has 0 aromatic heterocycles. The van der Waals surface area contributed by atoms with Crippen molar-refractivity contribution in [2.75, 3.05) is 18.8 Å². The molecule has 2 saturated heterocycles. The maximum absolute atomic E-state index is 12.6. The van der Waals surface area contributed by atoms with E-state index >= 15 is 0 Å². The Labute approximate surface area is 208 Å². The Hall–Kier alpha value is -2.16. The molecule has 0 unspecified atom stereocenters. The number of fused-ring (bicyclic) bond motifs is 1. The normalized spacial score (nSPS) is 29.9. The number of β-lactam (4-membered cyclic amide) rings is 1. The number of carbonyl (C=O) groups excluding carboxylic acids is 1. The van der Waals surface area contributed by atoms with Gasteiger partial charge in [-0.05, 0) is 31.0 Å². The third-order valence-electron chi connectivity index (χ3n) is 6.98. The number of aliphatic hydroxyl groups is 1. The molecule has 11 nitrogen and oxygen atoms in total. The van der Waals surface area contributed by atoms with Gasteiger partial charge < -0.3 is 20.8 Å². The second-order valence-electron chi connectivity index (χ2n) is 9.47. The van der Waals surface area contributed by atoms with Crippen molar-refractivity contribution in [3.8, 4) is 0 Å². The van der Waals surface area contributed by atoms with Crippen molar-refractivity contribution in [3.05, 3.63) is 40.4 Å². The smallest absolute Gasteiger partial charge is 0.353 e. The van der Waals surface area contributed by atoms with Crippen LogP contribution in [0.1, 0.15) is 25.8 Å². The maximum Gasteiger partial charge on any atom is 0.353 e. The van der Waals surface area contributed by atoms with Crippen LogP contribution in [0.2, 0.25) is 0 Å². The molecule has 6 atom stereocenters. The molecule has 3 aliphatic heterocycles. The number of hydrogen-bond acceptors (Lipinski definition) is 8. The van der Waals surface area contributed by atoms with Crippen LogP contribution in [0.4, 0.5) is 5.69 Å². The third-order valence-corrected chi connectivity index (χ3v) is 9.04. The highest BCUT2D eigenvalue weighted by Crippen LogP contribution is 2.52. The van der Waals surface area contributed by atoms with E-state index in [0.717, 1.165) is 5.56 Å². The summed E-state index contributed by atoms with van der Waals surface area (Å²) in [5.74, 6) is -2.37. The van der Waals surface area contributed by atoms with Gasteiger partial charge in [0.2, 0.25) is 5.91 Å². The number of rotatable bonds is 9. The van der Waals surface area contributed by atoms with E-state index in [1.165, 1.54) is 16.7 Å². The summed E-state index contributed by atoms with van der Waals surface area (Å²) in [5.41, 5.74) is 7.44. The van der Waals surface area contributed by atoms with E-state index in [9.17, 15) is 28.2 Å². The van der Waals surface area contributed by atoms with E-state index in [4.69, 9.17) is 10.9 Å². The van der Waals surface area contributed by atoms with Crippen LogP contribution in [0, 0.1) is 11.8 Å². The van der Waals surface area contributed by atoms with Gasteiger partial charge in [-0.25, -0.2) is 14.7 Å². The molecule has 3 aliphatic rings. The Morgan fingerprint density at radius 2 is 1.97 bits per heavy atom. The van der Waals surface area contributed by atoms with E-state index < -0.39 is 28.2 Å². The summed E-state index contributed by atoms with van der Waals surface area (Å²) in [6, 6.07) is 6.91. The van der Waals surface area contributed by atoms with Gasteiger partial charge in [0.25, 0.3) is 10.2 Å². The van der Waals surface area contributed by atoms with Crippen molar-refractivity contribution in [1.82, 2.24) is 14.5 Å². The first-order valence-corrected chi connectivity index (χ1v) is 13.8. The molecule has 13 heteroatoms. The standard InChI is InChI=1S/C22H31N5O6S2/c1-11-18-17(12(2)28)21(29)27(18)19(22(30)31)20(11)34-16-7-15(8-25-35(24,32)33)26(10-16)9-13-3-5-14(23)6-4-13/h3-6,11-12,15-18,25,28H,7-10,23H2,1-2H3,(H,30,31)(H2,24,32,33)/t11-,12-,15+,16+,17-,18-/m1/s1. The summed E-state index contributed by atoms with van der Waals surface area (Å²) in [6.45, 7) is 4.72. The van der Waals surface area contributed by atoms with Crippen molar-refractivity contribution in [2.24, 2.45) is 17.0 Å². The first-order chi connectivity index (χ1) is 16.4. The number of carbonyl (C=O) groups is 2. The number of nitrogens with two attached hydrogens (primary N) is 2. The minimum atomic E-state index is -3.86. The number of nitrogen functional groups attached to an aromatic ring is 1. The van der Waals surface area contributed by atoms with Gasteiger partial charge in [0.1, 0.15) is 5.70 Å². The fraction of sp³-hybridized carbons (Fsp3) is 0.545. The Balaban J connectivity index is 1.54. The topological polar surface area (TPSA) is 179 Å². The lowest BCUT2D eigenvalue weighted by atomic mass is 9.79. The Kier molecular flexibility index (Phi) is 7.19. The summed E-state index contributed by atoms with van der Waals surface area (Å²) in [7, 11) is -3.86. The minimum absolute atomic E-state index is 0.00871. The summed E-state index contributed by atoms with van der Waals surface area (Å²) in [5, 5.41) is 25.1. The maximum atomic E-state index is 12.6. The van der Waals surface area contributed by atoms with Crippen molar-refractivity contribution >= 4 is 39.5 Å². The van der Waals surface area contributed by atoms with E-state index in [1.54, 1.807) is 19.1 Å². The average Bonchev–Trinajstić information content (AvgIpc) is 3.24. The Morgan fingerprint density at radius 3 is 2.54 bits per heavy atom. The van der Waals surface area contributed by atoms with Gasteiger partial charge >= 0.3 is 5.97 Å². The zero-order valence-electron chi connectivity index (χ0n) is 19.5. The van der Waals surface area contributed by atoms with Gasteiger partial charge in [-0.2, -0.15) is 8.42 Å². The summed E-state index contributed by atoms with van der Waals surface area (Å²) in [6.07, 6.45) is -0.259. The van der Waals surface area contributed by atoms with Gasteiger partial charge in [0.15, 0.2) is 0 Å². The quantitative estimate of drug-likeness (QED) is 0.217. The number of anilines is 1. The second-order valence-corrected chi connectivity index (χ2v) is 12.2. The number of carboxylic acids is 1. The number of amides is 1. The molecule has 0 saturated carbocycles. The number of carboxylic acid groups (broad SMARTS) is 1. The lowest BCUT2D eigenvalue weighted by Crippen LogP contribution is -2.63. The number of nitrogens with one attached hydrogen (secondary N) is 1. The van der Waals surface area contributed by atoms with Crippen molar-refractivity contribution in [1.29, 1.82) is 0 Å². The largest absolute Gasteiger partial charge is 0.477 e. The lowest BCUT2D eigenvalue weighted by molar-refractivity contribution is -0.163. The lowest BCUT2D eigenvalue weighted by Gasteiger charge is -2.46. The van der Waals surface area contributed by atoms with Crippen LogP contribution in [0.25, 0.3) is 0 Å². The minimum Gasteiger partial charge on any atom is -0.477 e. The van der Waals surface area contributed by atoms with Crippen LogP contribution in [0.3, 0.4) is 0 Å². The number of nitrogens with zero attached hydrogens (tertiary/aromatic N) is 2. The van der Waals surface area contributed by atoms with Crippen LogP contribution >= 0.6 is 11.8 Å². The molecular formula is C22H31N5O6S2. The number of likely N-dealkylation sites (tertiary alicyclic amines) is 1. The first kappa shape index (κ1) is 25.9. The van der Waals surface area contributed by atoms with Crippen LogP contribution in [-0.4, -0.2) is 76.8 Å². The SMILES string of the molecule is C[C@@H](O)[C@H]1C(=O)N2C(C(=O)O)=C(S[C@H]3C[C@@H](CNS(N)(=O)=O)N(Cc4ccc(N)cc4)C3)[C@H](C)[C@H]12. The molecule has 3 heterocycles. The molecule has 1 aromatic rings. The fourth-order valence-corrected chi connectivity index (χ4v) is 7.38. The molecule has 0 radical (unpaired) electrons. The van der Waals surface area contributed by atoms with Gasteiger partial charge in [-0.3, -0.25) is 9.69 Å². The van der Waals surface area contributed by atoms with Crippen LogP contribution in [0.5, 0.6) is 0 Å². The summed E-state index contributed by atoms with van der Waals surface area (Å²) >= 11 is 1.43. The molecule has 192 valence electrons. The second kappa shape index (κ2) is 9.71. The van der Waals surface area contributed by atoms with Crippen LogP contribution in [0.15, 0.2) is 34.9 Å². The predicted molar refractivity (Wildman–Crippen MR) is 132 cm³/mol.